The van der Waals surface area contributed by atoms with Gasteiger partial charge in [0.1, 0.15) is 0 Å². The lowest BCUT2D eigenvalue weighted by Gasteiger charge is -1.98. The number of sulfonamides is 1. The van der Waals surface area contributed by atoms with Crippen molar-refractivity contribution >= 4 is 15.8 Å². The SMILES string of the molecule is Cc1nc2nc(CCNS(C)(=O)=O)cn2nc1C. The highest BCUT2D eigenvalue weighted by atomic mass is 32.2. The highest BCUT2D eigenvalue weighted by Crippen LogP contribution is 2.05. The number of nitrogens with zero attached hydrogens (tertiary/aromatic N) is 4. The van der Waals surface area contributed by atoms with Gasteiger partial charge in [0.25, 0.3) is 5.78 Å². The maximum atomic E-state index is 10.9. The van der Waals surface area contributed by atoms with Crippen LogP contribution in [0.2, 0.25) is 0 Å². The van der Waals surface area contributed by atoms with Crippen molar-refractivity contribution < 1.29 is 8.42 Å². The van der Waals surface area contributed by atoms with Crippen molar-refractivity contribution in [3.05, 3.63) is 23.3 Å². The van der Waals surface area contributed by atoms with Crippen molar-refractivity contribution in [2.75, 3.05) is 12.8 Å². The Labute approximate surface area is 105 Å². The maximum absolute atomic E-state index is 10.9. The molecule has 0 aliphatic heterocycles. The predicted molar refractivity (Wildman–Crippen MR) is 66.8 cm³/mol. The molecular weight excluding hydrogens is 254 g/mol. The third-order valence-electron chi connectivity index (χ3n) is 2.51. The Hall–Kier alpha value is -1.54. The van der Waals surface area contributed by atoms with Crippen LogP contribution in [0.1, 0.15) is 17.1 Å². The van der Waals surface area contributed by atoms with Crippen LogP contribution in [0.3, 0.4) is 0 Å². The number of aromatic nitrogens is 4. The second kappa shape index (κ2) is 4.62. The number of fused-ring (bicyclic) bond motifs is 1. The zero-order chi connectivity index (χ0) is 13.3. The third kappa shape index (κ3) is 3.02. The van der Waals surface area contributed by atoms with E-state index in [9.17, 15) is 8.42 Å². The lowest BCUT2D eigenvalue weighted by molar-refractivity contribution is 0.587. The van der Waals surface area contributed by atoms with Crippen molar-refractivity contribution in [3.63, 3.8) is 0 Å². The van der Waals surface area contributed by atoms with E-state index >= 15 is 0 Å². The molecule has 0 aromatic carbocycles. The second-order valence-corrected chi connectivity index (χ2v) is 6.01. The maximum Gasteiger partial charge on any atom is 0.251 e. The molecule has 2 heterocycles. The summed E-state index contributed by atoms with van der Waals surface area (Å²) >= 11 is 0. The summed E-state index contributed by atoms with van der Waals surface area (Å²) in [6.07, 6.45) is 3.40. The Morgan fingerprint density at radius 1 is 1.28 bits per heavy atom. The summed E-state index contributed by atoms with van der Waals surface area (Å²) in [5, 5.41) is 4.31. The first-order valence-electron chi connectivity index (χ1n) is 5.49. The van der Waals surface area contributed by atoms with Gasteiger partial charge in [0, 0.05) is 13.0 Å². The standard InChI is InChI=1S/C10H15N5O2S/c1-7-8(2)14-15-6-9(13-10(15)12-7)4-5-11-18(3,16)17/h6,11H,4-5H2,1-3H3. The van der Waals surface area contributed by atoms with Gasteiger partial charge >= 0.3 is 0 Å². The van der Waals surface area contributed by atoms with Crippen LogP contribution in [-0.4, -0.2) is 40.8 Å². The fourth-order valence-electron chi connectivity index (χ4n) is 1.51. The van der Waals surface area contributed by atoms with Gasteiger partial charge in [-0.1, -0.05) is 0 Å². The molecule has 2 aromatic heterocycles. The first kappa shape index (κ1) is 12.9. The molecule has 98 valence electrons. The van der Waals surface area contributed by atoms with Gasteiger partial charge < -0.3 is 0 Å². The zero-order valence-electron chi connectivity index (χ0n) is 10.5. The molecule has 0 amide bonds. The van der Waals surface area contributed by atoms with E-state index in [4.69, 9.17) is 0 Å². The minimum absolute atomic E-state index is 0.320. The molecule has 7 nitrogen and oxygen atoms in total. The van der Waals surface area contributed by atoms with Crippen LogP contribution in [0, 0.1) is 13.8 Å². The molecule has 0 saturated carbocycles. The summed E-state index contributed by atoms with van der Waals surface area (Å²) in [5.41, 5.74) is 2.45. The Kier molecular flexibility index (Phi) is 3.31. The van der Waals surface area contributed by atoms with E-state index in [1.54, 1.807) is 10.7 Å². The van der Waals surface area contributed by atoms with Crippen LogP contribution < -0.4 is 4.72 Å². The van der Waals surface area contributed by atoms with Gasteiger partial charge in [-0.25, -0.2) is 27.6 Å². The number of rotatable bonds is 4. The second-order valence-electron chi connectivity index (χ2n) is 4.18. The molecule has 0 bridgehead atoms. The van der Waals surface area contributed by atoms with E-state index in [0.717, 1.165) is 23.3 Å². The predicted octanol–water partition coefficient (Wildman–Crippen LogP) is -0.167. The van der Waals surface area contributed by atoms with Crippen LogP contribution in [0.4, 0.5) is 0 Å². The van der Waals surface area contributed by atoms with Gasteiger partial charge in [-0.05, 0) is 13.8 Å². The van der Waals surface area contributed by atoms with Crippen LogP contribution in [-0.2, 0) is 16.4 Å². The monoisotopic (exact) mass is 269 g/mol. The van der Waals surface area contributed by atoms with Crippen LogP contribution >= 0.6 is 0 Å². The summed E-state index contributed by atoms with van der Waals surface area (Å²) in [4.78, 5) is 8.59. The van der Waals surface area contributed by atoms with Crippen molar-refractivity contribution in [2.45, 2.75) is 20.3 Å². The van der Waals surface area contributed by atoms with Gasteiger partial charge in [0.15, 0.2) is 0 Å². The molecule has 0 fully saturated rings. The van der Waals surface area contributed by atoms with Crippen molar-refractivity contribution in [1.29, 1.82) is 0 Å². The van der Waals surface area contributed by atoms with Crippen molar-refractivity contribution in [3.8, 4) is 0 Å². The highest BCUT2D eigenvalue weighted by molar-refractivity contribution is 7.88. The molecule has 8 heteroatoms. The van der Waals surface area contributed by atoms with Gasteiger partial charge in [-0.2, -0.15) is 5.10 Å². The highest BCUT2D eigenvalue weighted by Gasteiger charge is 2.07. The molecule has 1 N–H and O–H groups in total. The molecule has 0 unspecified atom stereocenters. The fraction of sp³-hybridized carbons (Fsp3) is 0.500. The Balaban J connectivity index is 2.15. The molecule has 2 aromatic rings. The van der Waals surface area contributed by atoms with Crippen LogP contribution in [0.15, 0.2) is 6.20 Å². The Bertz CT molecular complexity index is 638. The lowest BCUT2D eigenvalue weighted by atomic mass is 10.3. The van der Waals surface area contributed by atoms with Gasteiger partial charge in [-0.15, -0.1) is 0 Å². The molecule has 18 heavy (non-hydrogen) atoms. The summed E-state index contributed by atoms with van der Waals surface area (Å²) < 4.78 is 25.9. The third-order valence-corrected chi connectivity index (χ3v) is 3.24. The quantitative estimate of drug-likeness (QED) is 0.832. The average molecular weight is 269 g/mol. The summed E-state index contributed by atoms with van der Waals surface area (Å²) in [5.74, 6) is 0.535. The first-order valence-corrected chi connectivity index (χ1v) is 7.38. The largest absolute Gasteiger partial charge is 0.251 e. The number of nitrogens with one attached hydrogen (secondary N) is 1. The lowest BCUT2D eigenvalue weighted by Crippen LogP contribution is -2.24. The normalized spacial score (nSPS) is 12.2. The molecule has 0 aliphatic rings. The van der Waals surface area contributed by atoms with Crippen molar-refractivity contribution in [1.82, 2.24) is 24.3 Å². The molecule has 0 radical (unpaired) electrons. The first-order chi connectivity index (χ1) is 8.35. The van der Waals surface area contributed by atoms with Crippen molar-refractivity contribution in [2.24, 2.45) is 0 Å². The van der Waals surface area contributed by atoms with E-state index in [-0.39, 0.29) is 0 Å². The van der Waals surface area contributed by atoms with E-state index in [1.165, 1.54) is 0 Å². The molecule has 2 rings (SSSR count). The number of imidazole rings is 1. The smallest absolute Gasteiger partial charge is 0.215 e. The topological polar surface area (TPSA) is 89.2 Å². The fourth-order valence-corrected chi connectivity index (χ4v) is 1.98. The number of hydrogen-bond donors (Lipinski definition) is 1. The van der Waals surface area contributed by atoms with Gasteiger partial charge in [0.05, 0.1) is 29.5 Å². The summed E-state index contributed by atoms with van der Waals surface area (Å²) in [7, 11) is -3.15. The van der Waals surface area contributed by atoms with E-state index in [1.807, 2.05) is 13.8 Å². The molecule has 0 saturated heterocycles. The van der Waals surface area contributed by atoms with E-state index < -0.39 is 10.0 Å². The zero-order valence-corrected chi connectivity index (χ0v) is 11.3. The number of hydrogen-bond acceptors (Lipinski definition) is 5. The summed E-state index contributed by atoms with van der Waals surface area (Å²) in [6, 6.07) is 0. The Morgan fingerprint density at radius 3 is 2.67 bits per heavy atom. The minimum atomic E-state index is -3.15. The van der Waals surface area contributed by atoms with E-state index in [0.29, 0.717) is 18.7 Å². The molecule has 0 spiro atoms. The molecular formula is C10H15N5O2S. The van der Waals surface area contributed by atoms with E-state index in [2.05, 4.69) is 19.8 Å². The number of aryl methyl sites for hydroxylation is 2. The average Bonchev–Trinajstić information content (AvgIpc) is 2.58. The Morgan fingerprint density at radius 2 is 2.00 bits per heavy atom. The molecule has 0 aliphatic carbocycles. The van der Waals surface area contributed by atoms with Crippen LogP contribution in [0.5, 0.6) is 0 Å². The molecule has 0 atom stereocenters. The summed E-state index contributed by atoms with van der Waals surface area (Å²) in [6.45, 7) is 4.08. The van der Waals surface area contributed by atoms with Gasteiger partial charge in [0.2, 0.25) is 10.0 Å². The minimum Gasteiger partial charge on any atom is -0.215 e. The van der Waals surface area contributed by atoms with Gasteiger partial charge in [-0.3, -0.25) is 0 Å². The van der Waals surface area contributed by atoms with Crippen LogP contribution in [0.25, 0.3) is 5.78 Å².